The van der Waals surface area contributed by atoms with Crippen molar-refractivity contribution in [2.75, 3.05) is 14.1 Å². The first kappa shape index (κ1) is 13.2. The fraction of sp³-hybridized carbons (Fsp3) is 0.500. The van der Waals surface area contributed by atoms with Crippen LogP contribution in [-0.2, 0) is 26.7 Å². The predicted molar refractivity (Wildman–Crippen MR) is 73.3 cm³/mol. The first-order valence-corrected chi connectivity index (χ1v) is 6.79. The van der Waals surface area contributed by atoms with Gasteiger partial charge in [0.15, 0.2) is 0 Å². The minimum Gasteiger partial charge on any atom is -0.314 e. The Labute approximate surface area is 111 Å². The molecule has 2 aromatic heterocycles. The number of hydrogen-bond acceptors (Lipinski definition) is 5. The van der Waals surface area contributed by atoms with Crippen LogP contribution in [0, 0.1) is 0 Å². The molecule has 0 spiro atoms. The zero-order valence-electron chi connectivity index (χ0n) is 11.1. The van der Waals surface area contributed by atoms with Crippen molar-refractivity contribution in [1.82, 2.24) is 25.0 Å². The van der Waals surface area contributed by atoms with E-state index in [9.17, 15) is 0 Å². The highest BCUT2D eigenvalue weighted by molar-refractivity contribution is 7.09. The number of nitrogens with one attached hydrogen (secondary N) is 1. The smallest absolute Gasteiger partial charge is 0.107 e. The number of aryl methyl sites for hydroxylation is 1. The van der Waals surface area contributed by atoms with Crippen molar-refractivity contribution in [2.45, 2.75) is 19.6 Å². The third-order valence-electron chi connectivity index (χ3n) is 2.57. The first-order chi connectivity index (χ1) is 8.67. The van der Waals surface area contributed by atoms with Gasteiger partial charge in [0.05, 0.1) is 11.9 Å². The van der Waals surface area contributed by atoms with Crippen molar-refractivity contribution < 1.29 is 0 Å². The fourth-order valence-corrected chi connectivity index (χ4v) is 2.65. The molecule has 18 heavy (non-hydrogen) atoms. The Morgan fingerprint density at radius 1 is 1.44 bits per heavy atom. The lowest BCUT2D eigenvalue weighted by Crippen LogP contribution is -2.17. The van der Waals surface area contributed by atoms with Gasteiger partial charge in [0, 0.05) is 43.8 Å². The molecule has 0 fully saturated rings. The molecule has 0 aliphatic rings. The van der Waals surface area contributed by atoms with Crippen molar-refractivity contribution in [3.8, 4) is 0 Å². The topological polar surface area (TPSA) is 46.0 Å². The van der Waals surface area contributed by atoms with Gasteiger partial charge in [-0.3, -0.25) is 9.58 Å². The maximum atomic E-state index is 4.58. The Morgan fingerprint density at radius 3 is 2.94 bits per heavy atom. The van der Waals surface area contributed by atoms with Crippen LogP contribution in [0.5, 0.6) is 0 Å². The van der Waals surface area contributed by atoms with E-state index in [1.165, 1.54) is 5.56 Å². The molecule has 0 unspecified atom stereocenters. The molecular weight excluding hydrogens is 246 g/mol. The van der Waals surface area contributed by atoms with Crippen molar-refractivity contribution in [3.63, 3.8) is 0 Å². The first-order valence-electron chi connectivity index (χ1n) is 5.91. The van der Waals surface area contributed by atoms with E-state index in [4.69, 9.17) is 0 Å². The molecule has 98 valence electrons. The molecule has 0 bridgehead atoms. The minimum atomic E-state index is 0.844. The molecule has 5 nitrogen and oxygen atoms in total. The van der Waals surface area contributed by atoms with Crippen LogP contribution in [0.4, 0.5) is 0 Å². The van der Waals surface area contributed by atoms with Crippen molar-refractivity contribution in [3.05, 3.63) is 34.0 Å². The van der Waals surface area contributed by atoms with E-state index < -0.39 is 0 Å². The van der Waals surface area contributed by atoms with E-state index in [1.807, 2.05) is 31.2 Å². The fourth-order valence-electron chi connectivity index (χ4n) is 1.85. The number of thiazole rings is 1. The Balaban J connectivity index is 1.88. The molecule has 0 aliphatic heterocycles. The number of hydrogen-bond donors (Lipinski definition) is 1. The molecule has 0 saturated heterocycles. The Hall–Kier alpha value is -1.24. The number of nitrogens with zero attached hydrogens (tertiary/aromatic N) is 4. The highest BCUT2D eigenvalue weighted by Crippen LogP contribution is 2.12. The summed E-state index contributed by atoms with van der Waals surface area (Å²) in [4.78, 5) is 6.83. The third-order valence-corrected chi connectivity index (χ3v) is 3.47. The van der Waals surface area contributed by atoms with Gasteiger partial charge in [0.1, 0.15) is 5.01 Å². The van der Waals surface area contributed by atoms with Gasteiger partial charge in [-0.25, -0.2) is 4.98 Å². The van der Waals surface area contributed by atoms with Crippen LogP contribution in [0.15, 0.2) is 17.8 Å². The molecule has 1 N–H and O–H groups in total. The lowest BCUT2D eigenvalue weighted by atomic mass is 10.3. The summed E-state index contributed by atoms with van der Waals surface area (Å²) in [7, 11) is 5.98. The van der Waals surface area contributed by atoms with Crippen LogP contribution in [0.1, 0.15) is 16.3 Å². The van der Waals surface area contributed by atoms with Gasteiger partial charge in [0.25, 0.3) is 0 Å². The average Bonchev–Trinajstić information content (AvgIpc) is 2.89. The molecule has 0 radical (unpaired) electrons. The summed E-state index contributed by atoms with van der Waals surface area (Å²) in [6.45, 7) is 2.61. The second-order valence-corrected chi connectivity index (χ2v) is 5.40. The second kappa shape index (κ2) is 6.08. The van der Waals surface area contributed by atoms with E-state index in [-0.39, 0.29) is 0 Å². The van der Waals surface area contributed by atoms with Crippen LogP contribution >= 0.6 is 11.3 Å². The summed E-state index contributed by atoms with van der Waals surface area (Å²) < 4.78 is 1.83. The summed E-state index contributed by atoms with van der Waals surface area (Å²) in [5, 5.41) is 10.6. The van der Waals surface area contributed by atoms with Gasteiger partial charge < -0.3 is 5.32 Å². The van der Waals surface area contributed by atoms with Crippen molar-refractivity contribution >= 4 is 11.3 Å². The zero-order chi connectivity index (χ0) is 13.0. The zero-order valence-corrected chi connectivity index (χ0v) is 11.9. The predicted octanol–water partition coefficient (Wildman–Crippen LogP) is 1.23. The molecule has 0 atom stereocenters. The summed E-state index contributed by atoms with van der Waals surface area (Å²) in [5.74, 6) is 0. The lowest BCUT2D eigenvalue weighted by molar-refractivity contribution is 0.315. The van der Waals surface area contributed by atoms with E-state index in [0.717, 1.165) is 30.3 Å². The van der Waals surface area contributed by atoms with Gasteiger partial charge in [-0.2, -0.15) is 5.10 Å². The van der Waals surface area contributed by atoms with E-state index >= 15 is 0 Å². The second-order valence-electron chi connectivity index (χ2n) is 4.46. The van der Waals surface area contributed by atoms with Crippen LogP contribution in [-0.4, -0.2) is 33.8 Å². The summed E-state index contributed by atoms with van der Waals surface area (Å²) in [6.07, 6.45) is 3.95. The molecule has 0 saturated carbocycles. The van der Waals surface area contributed by atoms with Crippen LogP contribution in [0.25, 0.3) is 0 Å². The monoisotopic (exact) mass is 265 g/mol. The molecule has 2 heterocycles. The van der Waals surface area contributed by atoms with Gasteiger partial charge in [-0.1, -0.05) is 0 Å². The SMILES string of the molecule is CNCc1nc(CN(C)Cc2cnn(C)c2)cs1. The van der Waals surface area contributed by atoms with Gasteiger partial charge in [0.2, 0.25) is 0 Å². The largest absolute Gasteiger partial charge is 0.314 e. The Morgan fingerprint density at radius 2 is 2.28 bits per heavy atom. The molecule has 0 aliphatic carbocycles. The number of aromatic nitrogens is 3. The maximum Gasteiger partial charge on any atom is 0.107 e. The molecule has 0 amide bonds. The van der Waals surface area contributed by atoms with Crippen LogP contribution < -0.4 is 5.32 Å². The number of rotatable bonds is 6. The minimum absolute atomic E-state index is 0.844. The normalized spacial score (nSPS) is 11.3. The Bertz CT molecular complexity index is 490. The molecule has 0 aromatic carbocycles. The third kappa shape index (κ3) is 3.63. The van der Waals surface area contributed by atoms with Crippen LogP contribution in [0.3, 0.4) is 0 Å². The maximum absolute atomic E-state index is 4.58. The van der Waals surface area contributed by atoms with E-state index in [2.05, 4.69) is 32.7 Å². The van der Waals surface area contributed by atoms with Gasteiger partial charge >= 0.3 is 0 Å². The molecular formula is C12H19N5S. The summed E-state index contributed by atoms with van der Waals surface area (Å²) in [6, 6.07) is 0. The lowest BCUT2D eigenvalue weighted by Gasteiger charge is -2.13. The van der Waals surface area contributed by atoms with Crippen LogP contribution in [0.2, 0.25) is 0 Å². The summed E-state index contributed by atoms with van der Waals surface area (Å²) >= 11 is 1.71. The summed E-state index contributed by atoms with van der Waals surface area (Å²) in [5.41, 5.74) is 2.36. The molecule has 2 aromatic rings. The van der Waals surface area contributed by atoms with Crippen molar-refractivity contribution in [1.29, 1.82) is 0 Å². The standard InChI is InChI=1S/C12H19N5S/c1-13-5-12-15-11(9-18-12)8-16(2)6-10-4-14-17(3)7-10/h4,7,9,13H,5-6,8H2,1-3H3. The molecule has 6 heteroatoms. The Kier molecular flexibility index (Phi) is 4.46. The molecule has 2 rings (SSSR count). The van der Waals surface area contributed by atoms with Gasteiger partial charge in [-0.15, -0.1) is 11.3 Å². The van der Waals surface area contributed by atoms with E-state index in [0.29, 0.717) is 0 Å². The quantitative estimate of drug-likeness (QED) is 0.853. The van der Waals surface area contributed by atoms with Gasteiger partial charge in [-0.05, 0) is 14.1 Å². The highest BCUT2D eigenvalue weighted by atomic mass is 32.1. The highest BCUT2D eigenvalue weighted by Gasteiger charge is 2.06. The van der Waals surface area contributed by atoms with E-state index in [1.54, 1.807) is 11.3 Å². The average molecular weight is 265 g/mol. The van der Waals surface area contributed by atoms with Crippen molar-refractivity contribution in [2.24, 2.45) is 7.05 Å².